The monoisotopic (exact) mass is 382 g/mol. The van der Waals surface area contributed by atoms with E-state index in [1.807, 2.05) is 6.08 Å². The number of hydrogen-bond acceptors (Lipinski definition) is 6. The number of allylic oxidation sites excluding steroid dienone is 1. The molecule has 1 saturated heterocycles. The first kappa shape index (κ1) is 18.4. The summed E-state index contributed by atoms with van der Waals surface area (Å²) in [5.41, 5.74) is 2.99. The average molecular weight is 382 g/mol. The van der Waals surface area contributed by atoms with Gasteiger partial charge < -0.3 is 20.0 Å². The molecule has 0 aliphatic carbocycles. The first-order chi connectivity index (χ1) is 13.8. The molecule has 4 N–H and O–H groups in total. The Kier molecular flexibility index (Phi) is 5.79. The van der Waals surface area contributed by atoms with Gasteiger partial charge in [-0.15, -0.1) is 0 Å². The number of benzene rings is 1. The van der Waals surface area contributed by atoms with E-state index >= 15 is 0 Å². The molecule has 8 heteroatoms. The number of hydrogen-bond donors (Lipinski definition) is 4. The molecule has 2 atom stereocenters. The summed E-state index contributed by atoms with van der Waals surface area (Å²) in [5.74, 6) is -0.294. The molecule has 1 unspecified atom stereocenters. The van der Waals surface area contributed by atoms with Gasteiger partial charge in [0, 0.05) is 30.6 Å². The maximum absolute atomic E-state index is 13.4. The van der Waals surface area contributed by atoms with Crippen molar-refractivity contribution < 1.29 is 8.81 Å². The van der Waals surface area contributed by atoms with Crippen LogP contribution in [0, 0.1) is 5.82 Å². The van der Waals surface area contributed by atoms with Gasteiger partial charge in [0.05, 0.1) is 17.1 Å². The zero-order valence-corrected chi connectivity index (χ0v) is 15.4. The van der Waals surface area contributed by atoms with Crippen LogP contribution in [0.1, 0.15) is 18.5 Å². The van der Waals surface area contributed by atoms with E-state index in [0.29, 0.717) is 11.7 Å². The number of H-pyrrole nitrogens is 1. The molecule has 4 rings (SSSR count). The first-order valence-electron chi connectivity index (χ1n) is 9.36. The van der Waals surface area contributed by atoms with Crippen LogP contribution in [-0.2, 0) is 0 Å². The summed E-state index contributed by atoms with van der Waals surface area (Å²) in [5, 5.41) is 10.3. The van der Waals surface area contributed by atoms with E-state index in [-0.39, 0.29) is 12.1 Å². The number of halogens is 1. The molecule has 2 aromatic rings. The van der Waals surface area contributed by atoms with Crippen LogP contribution in [0.5, 0.6) is 0 Å². The molecule has 1 aromatic carbocycles. The number of rotatable bonds is 4. The van der Waals surface area contributed by atoms with Gasteiger partial charge in [0.25, 0.3) is 0 Å². The molecule has 1 aromatic heterocycles. The van der Waals surface area contributed by atoms with Gasteiger partial charge in [-0.25, -0.2) is 9.37 Å². The molecule has 1 fully saturated rings. The highest BCUT2D eigenvalue weighted by Gasteiger charge is 2.20. The lowest BCUT2D eigenvalue weighted by atomic mass is 10.1. The van der Waals surface area contributed by atoms with Crippen LogP contribution in [0.4, 0.5) is 4.39 Å². The van der Waals surface area contributed by atoms with E-state index in [2.05, 4.69) is 30.9 Å². The van der Waals surface area contributed by atoms with Gasteiger partial charge >= 0.3 is 0 Å². The summed E-state index contributed by atoms with van der Waals surface area (Å²) in [7, 11) is 0. The van der Waals surface area contributed by atoms with Crippen molar-refractivity contribution in [3.05, 3.63) is 60.7 Å². The zero-order valence-electron chi connectivity index (χ0n) is 15.4. The Hall–Kier alpha value is -2.97. The van der Waals surface area contributed by atoms with Crippen LogP contribution in [0.3, 0.4) is 0 Å². The molecular weight excluding hydrogens is 359 g/mol. The summed E-state index contributed by atoms with van der Waals surface area (Å²) < 4.78 is 18.5. The third kappa shape index (κ3) is 4.47. The van der Waals surface area contributed by atoms with Crippen LogP contribution in [0.2, 0.25) is 0 Å². The van der Waals surface area contributed by atoms with Crippen LogP contribution in [-0.4, -0.2) is 41.6 Å². The van der Waals surface area contributed by atoms with Crippen molar-refractivity contribution in [2.75, 3.05) is 13.1 Å². The van der Waals surface area contributed by atoms with Crippen LogP contribution in [0.15, 0.2) is 58.6 Å². The van der Waals surface area contributed by atoms with Crippen molar-refractivity contribution in [2.45, 2.75) is 25.2 Å². The summed E-state index contributed by atoms with van der Waals surface area (Å²) in [6.07, 6.45) is 10.2. The zero-order chi connectivity index (χ0) is 19.2. The van der Waals surface area contributed by atoms with Gasteiger partial charge in [0.15, 0.2) is 12.7 Å². The molecule has 28 heavy (non-hydrogen) atoms. The fourth-order valence-corrected chi connectivity index (χ4v) is 3.33. The van der Waals surface area contributed by atoms with Crippen molar-refractivity contribution in [3.63, 3.8) is 0 Å². The normalized spacial score (nSPS) is 21.5. The van der Waals surface area contributed by atoms with Crippen LogP contribution < -0.4 is 16.0 Å². The Morgan fingerprint density at radius 1 is 1.21 bits per heavy atom. The van der Waals surface area contributed by atoms with Crippen molar-refractivity contribution in [1.29, 1.82) is 0 Å². The Balaban J connectivity index is 1.62. The minimum atomic E-state index is -0.294. The van der Waals surface area contributed by atoms with Gasteiger partial charge in [-0.1, -0.05) is 0 Å². The van der Waals surface area contributed by atoms with Gasteiger partial charge in [0.2, 0.25) is 0 Å². The molecule has 0 radical (unpaired) electrons. The van der Waals surface area contributed by atoms with Crippen LogP contribution in [0.25, 0.3) is 17.0 Å². The smallest absolute Gasteiger partial charge is 0.180 e. The highest BCUT2D eigenvalue weighted by Crippen LogP contribution is 2.24. The highest BCUT2D eigenvalue weighted by molar-refractivity contribution is 5.88. The molecule has 7 nitrogen and oxygen atoms in total. The number of aromatic amines is 1. The fraction of sp³-hybridized carbons (Fsp3) is 0.300. The van der Waals surface area contributed by atoms with Gasteiger partial charge in [0.1, 0.15) is 12.1 Å². The predicted octanol–water partition coefficient (Wildman–Crippen LogP) is 2.57. The Labute approximate surface area is 162 Å². The minimum absolute atomic E-state index is 0.233. The second kappa shape index (κ2) is 8.81. The number of piperidine rings is 1. The first-order valence-corrected chi connectivity index (χ1v) is 9.36. The van der Waals surface area contributed by atoms with Crippen molar-refractivity contribution >= 4 is 11.9 Å². The minimum Gasteiger partial charge on any atom is -0.452 e. The topological polar surface area (TPSA) is 90.3 Å². The molecule has 146 valence electrons. The second-order valence-electron chi connectivity index (χ2n) is 6.68. The van der Waals surface area contributed by atoms with E-state index in [0.717, 1.165) is 42.9 Å². The summed E-state index contributed by atoms with van der Waals surface area (Å²) in [6.45, 7) is 1.99. The maximum atomic E-state index is 13.4. The molecule has 0 amide bonds. The molecule has 0 saturated carbocycles. The maximum Gasteiger partial charge on any atom is 0.180 e. The Morgan fingerprint density at radius 3 is 2.93 bits per heavy atom. The van der Waals surface area contributed by atoms with E-state index < -0.39 is 0 Å². The molecular formula is C20H23FN6O. The van der Waals surface area contributed by atoms with E-state index in [1.165, 1.54) is 24.8 Å². The SMILES string of the molecule is Fc1ccc(-c2ncocc[nH]c2C2=CC=NC(N[C@@H]3CCCNC3)N2)cc1. The summed E-state index contributed by atoms with van der Waals surface area (Å²) in [6, 6.07) is 6.57. The van der Waals surface area contributed by atoms with E-state index in [4.69, 9.17) is 4.42 Å². The highest BCUT2D eigenvalue weighted by atomic mass is 19.1. The van der Waals surface area contributed by atoms with Gasteiger partial charge in [-0.2, -0.15) is 0 Å². The lowest BCUT2D eigenvalue weighted by molar-refractivity contribution is 0.342. The van der Waals surface area contributed by atoms with Crippen molar-refractivity contribution in [1.82, 2.24) is 25.9 Å². The number of nitrogens with zero attached hydrogens (tertiary/aromatic N) is 2. The number of aliphatic imine (C=N–C) groups is 1. The second-order valence-corrected chi connectivity index (χ2v) is 6.68. The largest absolute Gasteiger partial charge is 0.452 e. The lowest BCUT2D eigenvalue weighted by Crippen LogP contribution is -2.52. The predicted molar refractivity (Wildman–Crippen MR) is 106 cm³/mol. The summed E-state index contributed by atoms with van der Waals surface area (Å²) >= 11 is 0. The number of nitrogens with one attached hydrogen (secondary N) is 4. The average Bonchev–Trinajstić information content (AvgIpc) is 2.70. The van der Waals surface area contributed by atoms with Crippen molar-refractivity contribution in [3.8, 4) is 11.3 Å². The van der Waals surface area contributed by atoms with Gasteiger partial charge in [-0.05, 0) is 49.7 Å². The van der Waals surface area contributed by atoms with Crippen molar-refractivity contribution in [2.24, 2.45) is 4.99 Å². The molecule has 2 aliphatic heterocycles. The summed E-state index contributed by atoms with van der Waals surface area (Å²) in [4.78, 5) is 12.1. The third-order valence-corrected chi connectivity index (χ3v) is 4.70. The lowest BCUT2D eigenvalue weighted by Gasteiger charge is -2.29. The van der Waals surface area contributed by atoms with E-state index in [1.54, 1.807) is 24.5 Å². The molecule has 0 bridgehead atoms. The quantitative estimate of drug-likeness (QED) is 0.653. The van der Waals surface area contributed by atoms with E-state index in [9.17, 15) is 4.39 Å². The molecule has 3 heterocycles. The third-order valence-electron chi connectivity index (χ3n) is 4.70. The standard InChI is InChI=1S/C20H23FN6O/c21-15-5-3-14(4-6-15)18-19(23-10-11-28-13-25-18)17-7-9-24-20(27-17)26-16-2-1-8-22-12-16/h3-7,9-11,13,16,20,22-23,26-27H,1-2,8,12H2/t16-,20?/m1/s1. The molecule has 2 aliphatic rings. The Morgan fingerprint density at radius 2 is 2.11 bits per heavy atom. The van der Waals surface area contributed by atoms with Crippen LogP contribution >= 0.6 is 0 Å². The van der Waals surface area contributed by atoms with Gasteiger partial charge in [-0.3, -0.25) is 10.3 Å². The fourth-order valence-electron chi connectivity index (χ4n) is 3.33. The Bertz CT molecular complexity index is 893. The molecule has 0 spiro atoms. The number of aromatic nitrogens is 2.